The first-order valence-electron chi connectivity index (χ1n) is 7.15. The van der Waals surface area contributed by atoms with Crippen molar-refractivity contribution >= 4 is 11.6 Å². The molecule has 108 valence electrons. The lowest BCUT2D eigenvalue weighted by Crippen LogP contribution is -2.18. The summed E-state index contributed by atoms with van der Waals surface area (Å²) in [5.41, 5.74) is 1.97. The molecule has 0 heterocycles. The van der Waals surface area contributed by atoms with Gasteiger partial charge in [-0.15, -0.1) is 0 Å². The number of benzene rings is 1. The highest BCUT2D eigenvalue weighted by Gasteiger charge is 2.53. The molecule has 0 saturated heterocycles. The van der Waals surface area contributed by atoms with Crippen LogP contribution in [-0.2, 0) is 11.2 Å². The van der Waals surface area contributed by atoms with Gasteiger partial charge in [-0.1, -0.05) is 31.9 Å². The molecule has 1 aromatic carbocycles. The fourth-order valence-corrected chi connectivity index (χ4v) is 2.27. The summed E-state index contributed by atoms with van der Waals surface area (Å²) in [6, 6.07) is 7.04. The number of unbranched alkanes of at least 4 members (excludes halogenated alkanes) is 2. The zero-order valence-corrected chi connectivity index (χ0v) is 11.7. The van der Waals surface area contributed by atoms with E-state index in [1.807, 2.05) is 24.3 Å². The number of carbonyl (C=O) groups is 1. The second-order valence-corrected chi connectivity index (χ2v) is 5.34. The van der Waals surface area contributed by atoms with E-state index in [2.05, 4.69) is 12.2 Å². The summed E-state index contributed by atoms with van der Waals surface area (Å²) >= 11 is 0. The topological polar surface area (TPSA) is 72.2 Å². The highest BCUT2D eigenvalue weighted by Crippen LogP contribution is 2.34. The number of nitrogens with zero attached hydrogens (tertiary/aromatic N) is 1. The van der Waals surface area contributed by atoms with Crippen molar-refractivity contribution < 1.29 is 9.72 Å². The zero-order chi connectivity index (χ0) is 14.5. The Balaban J connectivity index is 1.82. The molecule has 20 heavy (non-hydrogen) atoms. The van der Waals surface area contributed by atoms with Crippen molar-refractivity contribution in [2.45, 2.75) is 45.1 Å². The number of carbonyl (C=O) groups excluding carboxylic acids is 1. The summed E-state index contributed by atoms with van der Waals surface area (Å²) in [6.07, 6.45) is 5.01. The second-order valence-electron chi connectivity index (χ2n) is 5.34. The Morgan fingerprint density at radius 1 is 1.35 bits per heavy atom. The van der Waals surface area contributed by atoms with Crippen molar-refractivity contribution in [2.75, 3.05) is 5.32 Å². The van der Waals surface area contributed by atoms with Gasteiger partial charge in [0.2, 0.25) is 11.9 Å². The van der Waals surface area contributed by atoms with E-state index in [1.54, 1.807) is 0 Å². The predicted molar refractivity (Wildman–Crippen MR) is 77.2 cm³/mol. The first-order chi connectivity index (χ1) is 9.61. The van der Waals surface area contributed by atoms with Crippen LogP contribution in [0.3, 0.4) is 0 Å². The summed E-state index contributed by atoms with van der Waals surface area (Å²) < 4.78 is 0. The van der Waals surface area contributed by atoms with Crippen molar-refractivity contribution in [1.29, 1.82) is 0 Å². The van der Waals surface area contributed by atoms with E-state index in [1.165, 1.54) is 24.8 Å². The molecule has 1 N–H and O–H groups in total. The first kappa shape index (κ1) is 14.5. The molecular weight excluding hydrogens is 256 g/mol. The summed E-state index contributed by atoms with van der Waals surface area (Å²) in [4.78, 5) is 21.9. The highest BCUT2D eigenvalue weighted by atomic mass is 16.6. The van der Waals surface area contributed by atoms with Gasteiger partial charge in [-0.05, 0) is 30.5 Å². The number of anilines is 1. The van der Waals surface area contributed by atoms with Crippen LogP contribution in [0, 0.1) is 16.0 Å². The fourth-order valence-electron chi connectivity index (χ4n) is 2.27. The van der Waals surface area contributed by atoms with Gasteiger partial charge >= 0.3 is 0 Å². The lowest BCUT2D eigenvalue weighted by molar-refractivity contribution is -0.497. The van der Waals surface area contributed by atoms with Crippen LogP contribution in [0.4, 0.5) is 5.69 Å². The first-order valence-corrected chi connectivity index (χ1v) is 7.15. The average Bonchev–Trinajstić information content (AvgIpc) is 3.21. The molecule has 0 aliphatic heterocycles. The second kappa shape index (κ2) is 6.50. The van der Waals surface area contributed by atoms with E-state index >= 15 is 0 Å². The maximum Gasteiger partial charge on any atom is 0.234 e. The summed E-state index contributed by atoms with van der Waals surface area (Å²) in [7, 11) is 0. The van der Waals surface area contributed by atoms with Gasteiger partial charge in [-0.2, -0.15) is 0 Å². The third kappa shape index (κ3) is 3.79. The molecule has 1 aromatic rings. The van der Waals surface area contributed by atoms with E-state index in [0.29, 0.717) is 12.1 Å². The molecule has 1 fully saturated rings. The van der Waals surface area contributed by atoms with Crippen LogP contribution in [0.1, 0.15) is 38.2 Å². The maximum absolute atomic E-state index is 11.8. The number of hydrogen-bond donors (Lipinski definition) is 1. The number of nitrogens with one attached hydrogen (secondary N) is 1. The minimum absolute atomic E-state index is 0.245. The van der Waals surface area contributed by atoms with Crippen molar-refractivity contribution in [3.63, 3.8) is 0 Å². The Kier molecular flexibility index (Phi) is 4.71. The molecule has 2 unspecified atom stereocenters. The molecular formula is C15H20N2O3. The quantitative estimate of drug-likeness (QED) is 0.472. The Labute approximate surface area is 118 Å². The standard InChI is InChI=1S/C15H20N2O3/c1-2-3-4-5-11-6-8-12(9-7-11)16-15(18)13-10-14(13)17(19)20/h6-9,13-14H,2-5,10H2,1H3,(H,16,18). The lowest BCUT2D eigenvalue weighted by atomic mass is 10.1. The van der Waals surface area contributed by atoms with Crippen molar-refractivity contribution in [2.24, 2.45) is 5.92 Å². The monoisotopic (exact) mass is 276 g/mol. The van der Waals surface area contributed by atoms with Gasteiger partial charge in [0, 0.05) is 17.0 Å². The van der Waals surface area contributed by atoms with Gasteiger partial charge in [-0.3, -0.25) is 14.9 Å². The Morgan fingerprint density at radius 2 is 2.05 bits per heavy atom. The van der Waals surface area contributed by atoms with E-state index in [9.17, 15) is 14.9 Å². The van der Waals surface area contributed by atoms with Crippen LogP contribution in [0.2, 0.25) is 0 Å². The normalized spacial score (nSPS) is 20.4. The SMILES string of the molecule is CCCCCc1ccc(NC(=O)C2CC2[N+](=O)[O-])cc1. The van der Waals surface area contributed by atoms with Gasteiger partial charge in [0.05, 0.1) is 0 Å². The van der Waals surface area contributed by atoms with Crippen molar-refractivity contribution in [3.8, 4) is 0 Å². The molecule has 1 aliphatic rings. The Hall–Kier alpha value is -1.91. The number of hydrogen-bond acceptors (Lipinski definition) is 3. The molecule has 5 nitrogen and oxygen atoms in total. The van der Waals surface area contributed by atoms with Crippen LogP contribution in [0.5, 0.6) is 0 Å². The van der Waals surface area contributed by atoms with Gasteiger partial charge in [0.25, 0.3) is 0 Å². The minimum atomic E-state index is -0.691. The van der Waals surface area contributed by atoms with Crippen LogP contribution in [-0.4, -0.2) is 16.9 Å². The van der Waals surface area contributed by atoms with Gasteiger partial charge in [0.15, 0.2) is 0 Å². The lowest BCUT2D eigenvalue weighted by Gasteiger charge is -2.05. The Morgan fingerprint density at radius 3 is 2.60 bits per heavy atom. The molecule has 0 radical (unpaired) electrons. The van der Waals surface area contributed by atoms with E-state index in [0.717, 1.165) is 6.42 Å². The number of nitro groups is 1. The third-order valence-electron chi connectivity index (χ3n) is 3.65. The van der Waals surface area contributed by atoms with Crippen molar-refractivity contribution in [1.82, 2.24) is 0 Å². The smallest absolute Gasteiger partial charge is 0.234 e. The van der Waals surface area contributed by atoms with Crippen LogP contribution in [0.15, 0.2) is 24.3 Å². The highest BCUT2D eigenvalue weighted by molar-refractivity contribution is 5.94. The van der Waals surface area contributed by atoms with Crippen LogP contribution >= 0.6 is 0 Å². The zero-order valence-electron chi connectivity index (χ0n) is 11.7. The molecule has 0 spiro atoms. The molecule has 1 amide bonds. The minimum Gasteiger partial charge on any atom is -0.326 e. The van der Waals surface area contributed by atoms with Gasteiger partial charge in [-0.25, -0.2) is 0 Å². The van der Waals surface area contributed by atoms with E-state index in [4.69, 9.17) is 0 Å². The molecule has 1 saturated carbocycles. The summed E-state index contributed by atoms with van der Waals surface area (Å²) in [6.45, 7) is 2.18. The van der Waals surface area contributed by atoms with Gasteiger partial charge in [0.1, 0.15) is 5.92 Å². The van der Waals surface area contributed by atoms with Crippen LogP contribution in [0.25, 0.3) is 0 Å². The summed E-state index contributed by atoms with van der Waals surface area (Å²) in [5.74, 6) is -0.709. The van der Waals surface area contributed by atoms with E-state index in [-0.39, 0.29) is 10.8 Å². The Bertz CT molecular complexity index is 484. The predicted octanol–water partition coefficient (Wildman–Crippen LogP) is 3.02. The molecule has 5 heteroatoms. The van der Waals surface area contributed by atoms with Gasteiger partial charge < -0.3 is 5.32 Å². The largest absolute Gasteiger partial charge is 0.326 e. The summed E-state index contributed by atoms with van der Waals surface area (Å²) in [5, 5.41) is 13.3. The molecule has 0 bridgehead atoms. The molecule has 1 aliphatic carbocycles. The fraction of sp³-hybridized carbons (Fsp3) is 0.533. The number of rotatable bonds is 7. The van der Waals surface area contributed by atoms with Crippen molar-refractivity contribution in [3.05, 3.63) is 39.9 Å². The third-order valence-corrected chi connectivity index (χ3v) is 3.65. The number of amides is 1. The maximum atomic E-state index is 11.8. The van der Waals surface area contributed by atoms with E-state index < -0.39 is 12.0 Å². The number of aryl methyl sites for hydroxylation is 1. The van der Waals surface area contributed by atoms with Crippen LogP contribution < -0.4 is 5.32 Å². The molecule has 0 aromatic heterocycles. The molecule has 2 atom stereocenters. The molecule has 2 rings (SSSR count). The average molecular weight is 276 g/mol.